The van der Waals surface area contributed by atoms with E-state index < -0.39 is 17.6 Å². The van der Waals surface area contributed by atoms with Crippen molar-refractivity contribution in [3.05, 3.63) is 63.2 Å². The molecule has 0 radical (unpaired) electrons. The van der Waals surface area contributed by atoms with Crippen LogP contribution in [0.2, 0.25) is 15.1 Å². The number of aromatic nitrogens is 1. The molecule has 0 aliphatic rings. The molecule has 198 valence electrons. The minimum absolute atomic E-state index is 0.0172. The first-order chi connectivity index (χ1) is 17.6. The largest absolute Gasteiger partial charge is 0.416 e. The Morgan fingerprint density at radius 2 is 1.62 bits per heavy atom. The average molecular weight is 575 g/mol. The summed E-state index contributed by atoms with van der Waals surface area (Å²) in [6.07, 6.45) is 3.03. The quantitative estimate of drug-likeness (QED) is 0.117. The number of fused-ring (bicyclic) bond motifs is 1. The molecule has 0 atom stereocenters. The number of carbonyl (C=O) groups is 1. The Hall–Kier alpha value is -2.75. The summed E-state index contributed by atoms with van der Waals surface area (Å²) in [6.45, 7) is 1.32. The molecule has 0 fully saturated rings. The van der Waals surface area contributed by atoms with Gasteiger partial charge in [0.2, 0.25) is 0 Å². The zero-order chi connectivity index (χ0) is 26.8. The van der Waals surface area contributed by atoms with E-state index in [4.69, 9.17) is 34.8 Å². The molecule has 3 aromatic rings. The molecule has 0 aliphatic carbocycles. The molecule has 37 heavy (non-hydrogen) atoms. The topological polar surface area (TPSA) is 78.4 Å². The summed E-state index contributed by atoms with van der Waals surface area (Å²) >= 11 is 17.7. The number of benzene rings is 2. The Morgan fingerprint density at radius 3 is 2.32 bits per heavy atom. The number of amides is 1. The molecule has 0 saturated carbocycles. The third-order valence-corrected chi connectivity index (χ3v) is 6.23. The molecule has 0 saturated heterocycles. The van der Waals surface area contributed by atoms with Crippen molar-refractivity contribution in [2.75, 3.05) is 23.8 Å². The van der Waals surface area contributed by atoms with Gasteiger partial charge in [0.25, 0.3) is 5.91 Å². The number of halogens is 6. The van der Waals surface area contributed by atoms with Crippen molar-refractivity contribution in [1.29, 1.82) is 0 Å². The van der Waals surface area contributed by atoms with Crippen molar-refractivity contribution >= 4 is 69.2 Å². The van der Waals surface area contributed by atoms with Gasteiger partial charge in [-0.3, -0.25) is 15.2 Å². The van der Waals surface area contributed by atoms with Crippen molar-refractivity contribution < 1.29 is 18.0 Å². The minimum Gasteiger partial charge on any atom is -0.384 e. The number of nitrogens with one attached hydrogen (secondary N) is 3. The van der Waals surface area contributed by atoms with Crippen molar-refractivity contribution in [3.63, 3.8) is 0 Å². The van der Waals surface area contributed by atoms with Crippen LogP contribution in [0.3, 0.4) is 0 Å². The fourth-order valence-corrected chi connectivity index (χ4v) is 4.27. The molecule has 0 spiro atoms. The number of rotatable bonds is 12. The van der Waals surface area contributed by atoms with E-state index in [2.05, 4.69) is 26.1 Å². The molecule has 1 amide bonds. The van der Waals surface area contributed by atoms with Crippen molar-refractivity contribution in [2.24, 2.45) is 5.10 Å². The molecule has 1 heterocycles. The van der Waals surface area contributed by atoms with Gasteiger partial charge in [0.05, 0.1) is 26.8 Å². The third kappa shape index (κ3) is 8.94. The third-order valence-electron chi connectivity index (χ3n) is 5.40. The average Bonchev–Trinajstić information content (AvgIpc) is 2.83. The number of hydrazone groups is 1. The van der Waals surface area contributed by atoms with E-state index in [0.717, 1.165) is 73.6 Å². The van der Waals surface area contributed by atoms with Gasteiger partial charge in [0.15, 0.2) is 0 Å². The summed E-state index contributed by atoms with van der Waals surface area (Å²) in [5.41, 5.74) is 3.30. The highest BCUT2D eigenvalue weighted by Crippen LogP contribution is 2.38. The van der Waals surface area contributed by atoms with Crippen LogP contribution in [0.15, 0.2) is 47.7 Å². The number of anilines is 2. The molecule has 6 nitrogen and oxygen atoms in total. The van der Waals surface area contributed by atoms with E-state index in [0.29, 0.717) is 11.6 Å². The number of alkyl halides is 3. The SMILES string of the molecule is O=C(/C=N/Nc1c(Cl)cc(C(F)(F)F)cc1Cl)NCCCCCCCNc1ccnc2cc(Cl)ccc12. The fourth-order valence-electron chi connectivity index (χ4n) is 3.54. The van der Waals surface area contributed by atoms with E-state index in [1.54, 1.807) is 6.20 Å². The zero-order valence-corrected chi connectivity index (χ0v) is 21.9. The Bertz CT molecular complexity index is 1230. The van der Waals surface area contributed by atoms with E-state index >= 15 is 0 Å². The second-order valence-corrected chi connectivity index (χ2v) is 9.44. The van der Waals surface area contributed by atoms with E-state index in [9.17, 15) is 18.0 Å². The van der Waals surface area contributed by atoms with Crippen LogP contribution >= 0.6 is 34.8 Å². The van der Waals surface area contributed by atoms with Gasteiger partial charge in [0, 0.05) is 35.4 Å². The lowest BCUT2D eigenvalue weighted by Crippen LogP contribution is -2.25. The van der Waals surface area contributed by atoms with Crippen LogP contribution in [0.1, 0.15) is 37.7 Å². The van der Waals surface area contributed by atoms with Crippen molar-refractivity contribution in [1.82, 2.24) is 10.3 Å². The summed E-state index contributed by atoms with van der Waals surface area (Å²) in [5, 5.41) is 11.0. The Balaban J connectivity index is 1.28. The first-order valence-electron chi connectivity index (χ1n) is 11.6. The Morgan fingerprint density at radius 1 is 0.946 bits per heavy atom. The van der Waals surface area contributed by atoms with Gasteiger partial charge in [-0.05, 0) is 49.2 Å². The van der Waals surface area contributed by atoms with Crippen LogP contribution in [-0.4, -0.2) is 30.2 Å². The smallest absolute Gasteiger partial charge is 0.384 e. The Labute approximate surface area is 227 Å². The molecular weight excluding hydrogens is 550 g/mol. The number of pyridine rings is 1. The highest BCUT2D eigenvalue weighted by Gasteiger charge is 2.32. The lowest BCUT2D eigenvalue weighted by molar-refractivity contribution is -0.137. The van der Waals surface area contributed by atoms with Crippen LogP contribution in [-0.2, 0) is 11.0 Å². The number of carbonyl (C=O) groups excluding carboxylic acids is 1. The van der Waals surface area contributed by atoms with Gasteiger partial charge in [-0.15, -0.1) is 0 Å². The summed E-state index contributed by atoms with van der Waals surface area (Å²) in [7, 11) is 0. The minimum atomic E-state index is -4.57. The molecule has 0 aliphatic heterocycles. The summed E-state index contributed by atoms with van der Waals surface area (Å²) < 4.78 is 38.3. The van der Waals surface area contributed by atoms with Gasteiger partial charge in [-0.25, -0.2) is 0 Å². The fraction of sp³-hybridized carbons (Fsp3) is 0.320. The van der Waals surface area contributed by atoms with Gasteiger partial charge < -0.3 is 10.6 Å². The molecule has 1 aromatic heterocycles. The van der Waals surface area contributed by atoms with Gasteiger partial charge in [0.1, 0.15) is 6.21 Å². The molecule has 3 N–H and O–H groups in total. The maximum atomic E-state index is 12.8. The first kappa shape index (κ1) is 28.8. The van der Waals surface area contributed by atoms with Crippen LogP contribution in [0, 0.1) is 0 Å². The van der Waals surface area contributed by atoms with Crippen LogP contribution < -0.4 is 16.1 Å². The van der Waals surface area contributed by atoms with Crippen LogP contribution in [0.4, 0.5) is 24.5 Å². The molecule has 0 unspecified atom stereocenters. The van der Waals surface area contributed by atoms with Gasteiger partial charge in [-0.2, -0.15) is 18.3 Å². The normalized spacial score (nSPS) is 11.7. The predicted molar refractivity (Wildman–Crippen MR) is 145 cm³/mol. The van der Waals surface area contributed by atoms with Crippen LogP contribution in [0.25, 0.3) is 10.9 Å². The number of hydrogen-bond acceptors (Lipinski definition) is 5. The first-order valence-corrected chi connectivity index (χ1v) is 12.7. The molecule has 12 heteroatoms. The van der Waals surface area contributed by atoms with Crippen molar-refractivity contribution in [3.8, 4) is 0 Å². The summed E-state index contributed by atoms with van der Waals surface area (Å²) in [6, 6.07) is 9.07. The summed E-state index contributed by atoms with van der Waals surface area (Å²) in [4.78, 5) is 16.2. The Kier molecular flexibility index (Phi) is 10.7. The lowest BCUT2D eigenvalue weighted by Gasteiger charge is -2.11. The van der Waals surface area contributed by atoms with E-state index in [-0.39, 0.29) is 15.7 Å². The number of unbranched alkanes of at least 4 members (excludes halogenated alkanes) is 4. The number of nitrogens with zero attached hydrogens (tertiary/aromatic N) is 2. The molecular formula is C25H25Cl3F3N5O. The van der Waals surface area contributed by atoms with Crippen LogP contribution in [0.5, 0.6) is 0 Å². The lowest BCUT2D eigenvalue weighted by atomic mass is 10.1. The van der Waals surface area contributed by atoms with E-state index in [1.807, 2.05) is 24.3 Å². The van der Waals surface area contributed by atoms with Crippen molar-refractivity contribution in [2.45, 2.75) is 38.3 Å². The van der Waals surface area contributed by atoms with Gasteiger partial charge in [-0.1, -0.05) is 54.1 Å². The standard InChI is InChI=1S/C25H25Cl3F3N5O/c26-17-6-7-18-21(8-11-33-22(18)14-17)32-9-4-2-1-3-5-10-34-23(37)15-35-36-24-19(27)12-16(13-20(24)28)25(29,30)31/h6-8,11-15,36H,1-5,9-10H2,(H,32,33)(H,34,37)/b35-15+. The second-order valence-electron chi connectivity index (χ2n) is 8.19. The maximum Gasteiger partial charge on any atom is 0.416 e. The zero-order valence-electron chi connectivity index (χ0n) is 19.6. The highest BCUT2D eigenvalue weighted by molar-refractivity contribution is 6.39. The van der Waals surface area contributed by atoms with E-state index in [1.165, 1.54) is 0 Å². The summed E-state index contributed by atoms with van der Waals surface area (Å²) in [5.74, 6) is -0.443. The molecule has 0 bridgehead atoms. The van der Waals surface area contributed by atoms with Gasteiger partial charge >= 0.3 is 6.18 Å². The molecule has 2 aromatic carbocycles. The predicted octanol–water partition coefficient (Wildman–Crippen LogP) is 7.79. The highest BCUT2D eigenvalue weighted by atomic mass is 35.5. The monoisotopic (exact) mass is 573 g/mol. The molecule has 3 rings (SSSR count). The number of hydrogen-bond donors (Lipinski definition) is 3. The second kappa shape index (κ2) is 13.7. The maximum absolute atomic E-state index is 12.8.